The number of rotatable bonds is 0. The number of aromatic nitrogens is 1. The fourth-order valence-corrected chi connectivity index (χ4v) is 3.23. The monoisotopic (exact) mass is 353 g/mol. The summed E-state index contributed by atoms with van der Waals surface area (Å²) in [6.07, 6.45) is 5.24. The van der Waals surface area contributed by atoms with Gasteiger partial charge in [0.2, 0.25) is 5.43 Å². The maximum atomic E-state index is 12.8. The van der Waals surface area contributed by atoms with Gasteiger partial charge in [0, 0.05) is 24.4 Å². The molecule has 134 valence electrons. The number of aromatic hydroxyl groups is 1. The summed E-state index contributed by atoms with van der Waals surface area (Å²) < 4.78 is 7.44. The van der Waals surface area contributed by atoms with Gasteiger partial charge in [-0.15, -0.1) is 0 Å². The molecule has 1 aromatic heterocycles. The molecule has 0 unspecified atom stereocenters. The number of benzene rings is 1. The number of fused-ring (bicyclic) bond motifs is 5. The molecule has 0 saturated carbocycles. The van der Waals surface area contributed by atoms with Gasteiger partial charge >= 0.3 is 0 Å². The van der Waals surface area contributed by atoms with Gasteiger partial charge in [0.25, 0.3) is 5.91 Å². The first-order valence-corrected chi connectivity index (χ1v) is 8.41. The van der Waals surface area contributed by atoms with Crippen LogP contribution in [0.5, 0.6) is 11.5 Å². The van der Waals surface area contributed by atoms with E-state index in [2.05, 4.69) is 0 Å². The van der Waals surface area contributed by atoms with Crippen molar-refractivity contribution in [1.29, 1.82) is 0 Å². The minimum absolute atomic E-state index is 0.00835. The minimum atomic E-state index is -0.564. The number of ether oxygens (including phenoxy) is 1. The highest BCUT2D eigenvalue weighted by molar-refractivity contribution is 5.96. The van der Waals surface area contributed by atoms with Gasteiger partial charge in [-0.3, -0.25) is 19.3 Å². The molecule has 0 spiro atoms. The Morgan fingerprint density at radius 2 is 2.00 bits per heavy atom. The summed E-state index contributed by atoms with van der Waals surface area (Å²) in [5.74, 6) is -0.108. The van der Waals surface area contributed by atoms with Gasteiger partial charge in [-0.2, -0.15) is 0 Å². The van der Waals surface area contributed by atoms with Gasteiger partial charge < -0.3 is 14.7 Å². The highest BCUT2D eigenvalue weighted by Gasteiger charge is 2.32. The zero-order valence-corrected chi connectivity index (χ0v) is 14.4. The van der Waals surface area contributed by atoms with Crippen LogP contribution in [0.4, 0.5) is 0 Å². The zero-order valence-electron chi connectivity index (χ0n) is 14.4. The Bertz CT molecular complexity index is 964. The van der Waals surface area contributed by atoms with Crippen molar-refractivity contribution in [3.8, 4) is 11.5 Å². The Hall–Kier alpha value is -3.22. The summed E-state index contributed by atoms with van der Waals surface area (Å²) in [5.41, 5.74) is 1.49. The lowest BCUT2D eigenvalue weighted by atomic mass is 10.1. The van der Waals surface area contributed by atoms with Crippen LogP contribution < -0.4 is 15.2 Å². The third kappa shape index (κ3) is 2.71. The summed E-state index contributed by atoms with van der Waals surface area (Å²) in [6, 6.07) is 7.25. The number of hydrogen-bond acceptors (Lipinski definition) is 5. The lowest BCUT2D eigenvalue weighted by Crippen LogP contribution is -2.53. The summed E-state index contributed by atoms with van der Waals surface area (Å²) >= 11 is 0. The summed E-state index contributed by atoms with van der Waals surface area (Å²) in [5, 5.41) is 12.1. The van der Waals surface area contributed by atoms with Crippen LogP contribution in [-0.2, 0) is 6.54 Å². The molecule has 2 aliphatic rings. The molecule has 1 aromatic carbocycles. The van der Waals surface area contributed by atoms with Crippen molar-refractivity contribution in [3.63, 3.8) is 0 Å². The highest BCUT2D eigenvalue weighted by atomic mass is 16.5. The molecule has 2 aliphatic heterocycles. The van der Waals surface area contributed by atoms with Crippen LogP contribution in [0.25, 0.3) is 0 Å². The van der Waals surface area contributed by atoms with Crippen LogP contribution in [0.15, 0.2) is 47.4 Å². The molecule has 7 heteroatoms. The van der Waals surface area contributed by atoms with Gasteiger partial charge in [-0.1, -0.05) is 18.2 Å². The quantitative estimate of drug-likeness (QED) is 0.724. The molecule has 3 heterocycles. The molecular weight excluding hydrogens is 334 g/mol. The Balaban J connectivity index is 1.86. The van der Waals surface area contributed by atoms with Gasteiger partial charge in [-0.05, 0) is 24.6 Å². The Morgan fingerprint density at radius 1 is 1.15 bits per heavy atom. The number of amides is 1. The van der Waals surface area contributed by atoms with E-state index in [1.165, 1.54) is 12.3 Å². The van der Waals surface area contributed by atoms with Crippen LogP contribution in [0.2, 0.25) is 0 Å². The van der Waals surface area contributed by atoms with E-state index >= 15 is 0 Å². The van der Waals surface area contributed by atoms with Crippen molar-refractivity contribution in [2.24, 2.45) is 0 Å². The fraction of sp³-hybridized carbons (Fsp3) is 0.263. The van der Waals surface area contributed by atoms with E-state index in [1.807, 2.05) is 42.3 Å². The van der Waals surface area contributed by atoms with Crippen molar-refractivity contribution in [1.82, 2.24) is 9.58 Å². The van der Waals surface area contributed by atoms with Crippen molar-refractivity contribution >= 4 is 5.91 Å². The Kier molecular flexibility index (Phi) is 3.91. The maximum Gasteiger partial charge on any atom is 0.278 e. The molecule has 0 aliphatic carbocycles. The molecule has 0 atom stereocenters. The normalized spacial score (nSPS) is 17.7. The maximum absolute atomic E-state index is 12.8. The summed E-state index contributed by atoms with van der Waals surface area (Å²) in [7, 11) is 0. The number of carbonyl (C=O) groups is 1. The molecule has 7 nitrogen and oxygen atoms in total. The molecular formula is C19H19N3O4. The lowest BCUT2D eigenvalue weighted by molar-refractivity contribution is 0.0706. The first-order valence-electron chi connectivity index (χ1n) is 8.41. The summed E-state index contributed by atoms with van der Waals surface area (Å²) in [6.45, 7) is 3.59. The van der Waals surface area contributed by atoms with E-state index in [9.17, 15) is 14.7 Å². The predicted molar refractivity (Wildman–Crippen MR) is 96.0 cm³/mol. The number of aryl methyl sites for hydroxylation is 1. The largest absolute Gasteiger partial charge is 0.502 e. The second kappa shape index (κ2) is 6.25. The van der Waals surface area contributed by atoms with Crippen LogP contribution >= 0.6 is 0 Å². The second-order valence-electron chi connectivity index (χ2n) is 6.45. The van der Waals surface area contributed by atoms with Gasteiger partial charge in [0.15, 0.2) is 11.4 Å². The molecule has 1 N–H and O–H groups in total. The number of hydrogen-bond donors (Lipinski definition) is 1. The fourth-order valence-electron chi connectivity index (χ4n) is 3.23. The van der Waals surface area contributed by atoms with Gasteiger partial charge in [0.05, 0.1) is 6.54 Å². The predicted octanol–water partition coefficient (Wildman–Crippen LogP) is 1.36. The molecule has 0 radical (unpaired) electrons. The molecule has 4 rings (SSSR count). The standard InChI is InChI=1S/C19H19N3O4/c1-13-4-5-14-11-21-12-20(7-2-3-9-26-16(14)10-13)19(25)17-18(24)15(23)6-8-22(17)21/h2-6,8,10,24H,7,9,11-12H2,1H3/b3-2+. The van der Waals surface area contributed by atoms with E-state index in [0.29, 0.717) is 26.4 Å². The van der Waals surface area contributed by atoms with Crippen molar-refractivity contribution in [3.05, 3.63) is 69.7 Å². The molecule has 0 saturated heterocycles. The second-order valence-corrected chi connectivity index (χ2v) is 6.45. The smallest absolute Gasteiger partial charge is 0.278 e. The van der Waals surface area contributed by atoms with E-state index in [0.717, 1.165) is 16.9 Å². The Morgan fingerprint density at radius 3 is 2.85 bits per heavy atom. The average molecular weight is 353 g/mol. The van der Waals surface area contributed by atoms with E-state index in [1.54, 1.807) is 9.58 Å². The lowest BCUT2D eigenvalue weighted by Gasteiger charge is -2.39. The van der Waals surface area contributed by atoms with Crippen LogP contribution in [0.1, 0.15) is 21.6 Å². The first kappa shape index (κ1) is 16.3. The first-order chi connectivity index (χ1) is 12.5. The van der Waals surface area contributed by atoms with Crippen molar-refractivity contribution < 1.29 is 14.6 Å². The number of nitrogens with zero attached hydrogens (tertiary/aromatic N) is 3. The highest BCUT2D eigenvalue weighted by Crippen LogP contribution is 2.26. The average Bonchev–Trinajstić information content (AvgIpc) is 2.65. The third-order valence-corrected chi connectivity index (χ3v) is 4.59. The topological polar surface area (TPSA) is 75.0 Å². The molecule has 26 heavy (non-hydrogen) atoms. The minimum Gasteiger partial charge on any atom is -0.502 e. The zero-order chi connectivity index (χ0) is 18.3. The van der Waals surface area contributed by atoms with E-state index < -0.39 is 11.2 Å². The van der Waals surface area contributed by atoms with Crippen LogP contribution in [0, 0.1) is 6.92 Å². The third-order valence-electron chi connectivity index (χ3n) is 4.59. The molecule has 2 aromatic rings. The molecule has 2 bridgehead atoms. The number of pyridine rings is 1. The Labute approximate surface area is 150 Å². The van der Waals surface area contributed by atoms with Crippen molar-refractivity contribution in [2.45, 2.75) is 13.5 Å². The summed E-state index contributed by atoms with van der Waals surface area (Å²) in [4.78, 5) is 26.2. The van der Waals surface area contributed by atoms with Crippen LogP contribution in [-0.4, -0.2) is 40.4 Å². The number of carbonyl (C=O) groups excluding carboxylic acids is 1. The molecule has 0 fully saturated rings. The SMILES string of the molecule is Cc1ccc2c(c1)OC/C=C/CN1CN(C2)n2ccc(=O)c(O)c2C1=O. The van der Waals surface area contributed by atoms with E-state index in [4.69, 9.17) is 4.74 Å². The molecule has 1 amide bonds. The van der Waals surface area contributed by atoms with Crippen LogP contribution in [0.3, 0.4) is 0 Å². The van der Waals surface area contributed by atoms with Gasteiger partial charge in [-0.25, -0.2) is 0 Å². The van der Waals surface area contributed by atoms with Gasteiger partial charge in [0.1, 0.15) is 19.0 Å². The van der Waals surface area contributed by atoms with Crippen molar-refractivity contribution in [2.75, 3.05) is 24.8 Å². The van der Waals surface area contributed by atoms with E-state index in [-0.39, 0.29) is 11.6 Å².